The number of fused-ring (bicyclic) bond motifs is 1. The number of aryl methyl sites for hydroxylation is 1. The number of aromatic amines is 2. The second-order valence-corrected chi connectivity index (χ2v) is 6.03. The van der Waals surface area contributed by atoms with Crippen LogP contribution >= 0.6 is 11.3 Å². The van der Waals surface area contributed by atoms with Gasteiger partial charge < -0.3 is 21.0 Å². The molecule has 3 aromatic rings. The lowest BCUT2D eigenvalue weighted by Gasteiger charge is -2.06. The first kappa shape index (κ1) is 13.9. The van der Waals surface area contributed by atoms with Crippen LogP contribution in [0.3, 0.4) is 0 Å². The number of nitrogens with two attached hydrogens (primary N) is 1. The highest BCUT2D eigenvalue weighted by Crippen LogP contribution is 2.25. The van der Waals surface area contributed by atoms with Gasteiger partial charge in [0.15, 0.2) is 0 Å². The molecule has 6 heteroatoms. The number of rotatable bonds is 5. The third kappa shape index (κ3) is 2.72. The second kappa shape index (κ2) is 5.75. The van der Waals surface area contributed by atoms with Gasteiger partial charge in [0.2, 0.25) is 0 Å². The zero-order chi connectivity index (χ0) is 14.8. The number of H-pyrrole nitrogens is 2. The van der Waals surface area contributed by atoms with Gasteiger partial charge in [0.05, 0.1) is 16.7 Å². The van der Waals surface area contributed by atoms with Gasteiger partial charge in [-0.3, -0.25) is 4.79 Å². The number of hydrogen-bond acceptors (Lipinski definition) is 4. The number of pyridine rings is 1. The van der Waals surface area contributed by atoms with Crippen LogP contribution in [-0.4, -0.2) is 16.5 Å². The Morgan fingerprint density at radius 2 is 2.19 bits per heavy atom. The van der Waals surface area contributed by atoms with Gasteiger partial charge >= 0.3 is 0 Å². The fourth-order valence-corrected chi connectivity index (χ4v) is 3.14. The molecule has 0 amide bonds. The molecule has 0 saturated carbocycles. The van der Waals surface area contributed by atoms with Crippen molar-refractivity contribution in [3.63, 3.8) is 0 Å². The molecule has 3 rings (SSSR count). The lowest BCUT2D eigenvalue weighted by atomic mass is 10.2. The van der Waals surface area contributed by atoms with Crippen LogP contribution in [-0.2, 0) is 13.0 Å². The highest BCUT2D eigenvalue weighted by atomic mass is 32.1. The summed E-state index contributed by atoms with van der Waals surface area (Å²) in [4.78, 5) is 19.4. The number of hydrogen-bond donors (Lipinski definition) is 4. The molecule has 0 aliphatic heterocycles. The predicted molar refractivity (Wildman–Crippen MR) is 88.1 cm³/mol. The Labute approximate surface area is 126 Å². The van der Waals surface area contributed by atoms with Crippen LogP contribution in [0.15, 0.2) is 28.4 Å². The molecule has 0 saturated heterocycles. The zero-order valence-corrected chi connectivity index (χ0v) is 12.6. The number of aromatic nitrogens is 2. The van der Waals surface area contributed by atoms with Crippen molar-refractivity contribution in [2.45, 2.75) is 19.9 Å². The smallest absolute Gasteiger partial charge is 0.250 e. The van der Waals surface area contributed by atoms with E-state index in [1.165, 1.54) is 4.88 Å². The predicted octanol–water partition coefficient (Wildman–Crippen LogP) is 2.34. The first-order chi connectivity index (χ1) is 10.2. The van der Waals surface area contributed by atoms with Crippen molar-refractivity contribution >= 4 is 28.1 Å². The maximum absolute atomic E-state index is 11.9. The molecule has 0 aliphatic rings. The van der Waals surface area contributed by atoms with Gasteiger partial charge in [-0.15, -0.1) is 11.3 Å². The quantitative estimate of drug-likeness (QED) is 0.583. The van der Waals surface area contributed by atoms with Crippen LogP contribution in [0.25, 0.3) is 11.0 Å². The van der Waals surface area contributed by atoms with Crippen LogP contribution in [0.4, 0.5) is 5.69 Å². The summed E-state index contributed by atoms with van der Waals surface area (Å²) in [6.07, 6.45) is 0.771. The Morgan fingerprint density at radius 1 is 1.33 bits per heavy atom. The molecule has 5 N–H and O–H groups in total. The Bertz CT molecular complexity index is 801. The van der Waals surface area contributed by atoms with E-state index in [4.69, 9.17) is 5.73 Å². The van der Waals surface area contributed by atoms with Gasteiger partial charge in [-0.05, 0) is 30.5 Å². The van der Waals surface area contributed by atoms with E-state index in [0.29, 0.717) is 13.1 Å². The van der Waals surface area contributed by atoms with Gasteiger partial charge in [-0.25, -0.2) is 0 Å². The fourth-order valence-electron chi connectivity index (χ4n) is 2.50. The molecule has 0 atom stereocenters. The Balaban J connectivity index is 2.00. The normalized spacial score (nSPS) is 11.1. The lowest BCUT2D eigenvalue weighted by Crippen LogP contribution is -2.08. The maximum Gasteiger partial charge on any atom is 0.250 e. The Hall–Kier alpha value is -2.05. The molecule has 110 valence electrons. The Kier molecular flexibility index (Phi) is 3.81. The van der Waals surface area contributed by atoms with E-state index in [0.717, 1.165) is 34.4 Å². The minimum Gasteiger partial charge on any atom is -0.378 e. The van der Waals surface area contributed by atoms with Crippen LogP contribution in [0.1, 0.15) is 16.1 Å². The molecular formula is C15H18N4OS. The number of anilines is 1. The summed E-state index contributed by atoms with van der Waals surface area (Å²) in [6.45, 7) is 3.29. The molecule has 3 heterocycles. The van der Waals surface area contributed by atoms with Crippen LogP contribution in [0.5, 0.6) is 0 Å². The molecule has 0 unspecified atom stereocenters. The van der Waals surface area contributed by atoms with Crippen molar-refractivity contribution in [1.29, 1.82) is 0 Å². The molecule has 0 bridgehead atoms. The monoisotopic (exact) mass is 302 g/mol. The summed E-state index contributed by atoms with van der Waals surface area (Å²) in [5.74, 6) is 0. The van der Waals surface area contributed by atoms with Crippen molar-refractivity contribution in [2.75, 3.05) is 11.9 Å². The molecule has 3 aromatic heterocycles. The van der Waals surface area contributed by atoms with E-state index < -0.39 is 0 Å². The molecule has 0 aromatic carbocycles. The average molecular weight is 302 g/mol. The molecule has 5 nitrogen and oxygen atoms in total. The van der Waals surface area contributed by atoms with Crippen molar-refractivity contribution in [3.05, 3.63) is 50.1 Å². The molecule has 0 fully saturated rings. The third-order valence-corrected chi connectivity index (χ3v) is 4.45. The first-order valence-electron chi connectivity index (χ1n) is 6.90. The SMILES string of the molecule is Cc1c(CCN)[nH]c2c(NCc3cccs3)cc(=O)[nH]c12. The van der Waals surface area contributed by atoms with E-state index in [9.17, 15) is 4.79 Å². The first-order valence-corrected chi connectivity index (χ1v) is 7.78. The lowest BCUT2D eigenvalue weighted by molar-refractivity contribution is 0.929. The van der Waals surface area contributed by atoms with Gasteiger partial charge in [-0.1, -0.05) is 6.07 Å². The highest BCUT2D eigenvalue weighted by molar-refractivity contribution is 7.09. The van der Waals surface area contributed by atoms with Crippen molar-refractivity contribution in [1.82, 2.24) is 9.97 Å². The molecular weight excluding hydrogens is 284 g/mol. The maximum atomic E-state index is 11.9. The van der Waals surface area contributed by atoms with Crippen molar-refractivity contribution < 1.29 is 0 Å². The van der Waals surface area contributed by atoms with E-state index in [-0.39, 0.29) is 5.56 Å². The van der Waals surface area contributed by atoms with Gasteiger partial charge in [0.1, 0.15) is 0 Å². The van der Waals surface area contributed by atoms with Gasteiger partial charge in [0.25, 0.3) is 5.56 Å². The summed E-state index contributed by atoms with van der Waals surface area (Å²) in [5, 5.41) is 5.39. The number of thiophene rings is 1. The largest absolute Gasteiger partial charge is 0.378 e. The highest BCUT2D eigenvalue weighted by Gasteiger charge is 2.12. The standard InChI is InChI=1S/C15H18N4OS/c1-9-11(4-5-16)18-15-12(7-13(20)19-14(9)15)17-8-10-3-2-6-21-10/h2-3,6-7,18H,4-5,8,16H2,1H3,(H2,17,19,20). The Morgan fingerprint density at radius 3 is 2.90 bits per heavy atom. The molecule has 0 spiro atoms. The molecule has 0 aliphatic carbocycles. The van der Waals surface area contributed by atoms with Crippen LogP contribution < -0.4 is 16.6 Å². The van der Waals surface area contributed by atoms with Gasteiger partial charge in [-0.2, -0.15) is 0 Å². The van der Waals surface area contributed by atoms with Crippen molar-refractivity contribution in [3.8, 4) is 0 Å². The topological polar surface area (TPSA) is 86.7 Å². The summed E-state index contributed by atoms with van der Waals surface area (Å²) in [7, 11) is 0. The zero-order valence-electron chi connectivity index (χ0n) is 11.8. The van der Waals surface area contributed by atoms with Crippen LogP contribution in [0, 0.1) is 6.92 Å². The molecule has 0 radical (unpaired) electrons. The second-order valence-electron chi connectivity index (χ2n) is 5.00. The summed E-state index contributed by atoms with van der Waals surface area (Å²) in [6, 6.07) is 5.69. The van der Waals surface area contributed by atoms with Crippen LogP contribution in [0.2, 0.25) is 0 Å². The minimum atomic E-state index is -0.0995. The summed E-state index contributed by atoms with van der Waals surface area (Å²) >= 11 is 1.69. The third-order valence-electron chi connectivity index (χ3n) is 3.57. The summed E-state index contributed by atoms with van der Waals surface area (Å²) < 4.78 is 0. The van der Waals surface area contributed by atoms with E-state index >= 15 is 0 Å². The number of nitrogens with one attached hydrogen (secondary N) is 3. The van der Waals surface area contributed by atoms with E-state index in [1.807, 2.05) is 18.4 Å². The minimum absolute atomic E-state index is 0.0995. The van der Waals surface area contributed by atoms with E-state index in [2.05, 4.69) is 21.4 Å². The fraction of sp³-hybridized carbons (Fsp3) is 0.267. The summed E-state index contributed by atoms with van der Waals surface area (Å²) in [5.41, 5.74) is 10.3. The average Bonchev–Trinajstić information content (AvgIpc) is 3.07. The van der Waals surface area contributed by atoms with Crippen molar-refractivity contribution in [2.24, 2.45) is 5.73 Å². The van der Waals surface area contributed by atoms with E-state index in [1.54, 1.807) is 17.4 Å². The van der Waals surface area contributed by atoms with Gasteiger partial charge in [0, 0.05) is 29.6 Å². The molecule has 21 heavy (non-hydrogen) atoms.